The Morgan fingerprint density at radius 2 is 0.774 bits per heavy atom. The van der Waals surface area contributed by atoms with E-state index in [1.165, 1.54) is 43.4 Å². The first-order chi connectivity index (χ1) is 30.6. The van der Waals surface area contributed by atoms with Crippen LogP contribution in [0.15, 0.2) is 217 Å². The standard InChI is InChI=1S/C58H41N3O/c1-38-17-15-23-42(33-38)59(40-19-5-3-6-20-40)51-36-53-57(48-28-11-9-25-45(48)51)58-49-29-12-10-26-46(49)52(60(41-21-7-4-8-22-41)43-24-16-18-39(2)34-43)37-54(58)61(53)44-31-32-56-50(35-44)47-27-13-14-30-55(47)62-56/h3-37H,1-2H3. The summed E-state index contributed by atoms with van der Waals surface area (Å²) in [6.07, 6.45) is 0. The number of fused-ring (bicyclic) bond motifs is 10. The number of hydrogen-bond donors (Lipinski definition) is 0. The predicted molar refractivity (Wildman–Crippen MR) is 262 cm³/mol. The molecule has 2 heterocycles. The lowest BCUT2D eigenvalue weighted by atomic mass is 9.96. The van der Waals surface area contributed by atoms with Crippen molar-refractivity contribution in [1.29, 1.82) is 0 Å². The molecule has 12 aromatic rings. The van der Waals surface area contributed by atoms with Crippen LogP contribution < -0.4 is 9.80 Å². The van der Waals surface area contributed by atoms with E-state index in [9.17, 15) is 0 Å². The molecule has 0 saturated heterocycles. The minimum atomic E-state index is 0.873. The molecule has 10 aromatic carbocycles. The summed E-state index contributed by atoms with van der Waals surface area (Å²) in [5.41, 5.74) is 14.1. The quantitative estimate of drug-likeness (QED) is 0.161. The molecule has 0 N–H and O–H groups in total. The smallest absolute Gasteiger partial charge is 0.135 e. The lowest BCUT2D eigenvalue weighted by Gasteiger charge is -2.27. The average Bonchev–Trinajstić information content (AvgIpc) is 3.85. The van der Waals surface area contributed by atoms with E-state index in [2.05, 4.69) is 234 Å². The average molecular weight is 796 g/mol. The van der Waals surface area contributed by atoms with Crippen molar-refractivity contribution in [2.45, 2.75) is 13.8 Å². The molecule has 62 heavy (non-hydrogen) atoms. The van der Waals surface area contributed by atoms with Gasteiger partial charge in [0.15, 0.2) is 0 Å². The molecule has 0 atom stereocenters. The van der Waals surface area contributed by atoms with Gasteiger partial charge in [0.05, 0.1) is 22.4 Å². The van der Waals surface area contributed by atoms with Crippen LogP contribution in [0.3, 0.4) is 0 Å². The number of para-hydroxylation sites is 3. The molecule has 0 aliphatic heterocycles. The zero-order valence-corrected chi connectivity index (χ0v) is 34.5. The van der Waals surface area contributed by atoms with Crippen LogP contribution in [0.25, 0.3) is 71.0 Å². The summed E-state index contributed by atoms with van der Waals surface area (Å²) < 4.78 is 8.91. The van der Waals surface area contributed by atoms with E-state index in [0.29, 0.717) is 0 Å². The highest BCUT2D eigenvalue weighted by atomic mass is 16.3. The van der Waals surface area contributed by atoms with Crippen LogP contribution in [0.5, 0.6) is 0 Å². The molecule has 0 fully saturated rings. The van der Waals surface area contributed by atoms with E-state index in [-0.39, 0.29) is 0 Å². The highest BCUT2D eigenvalue weighted by molar-refractivity contribution is 6.32. The molecule has 0 bridgehead atoms. The first-order valence-electron chi connectivity index (χ1n) is 21.3. The van der Waals surface area contributed by atoms with Crippen molar-refractivity contribution in [3.05, 3.63) is 223 Å². The predicted octanol–water partition coefficient (Wildman–Crippen LogP) is 16.5. The first-order valence-corrected chi connectivity index (χ1v) is 21.3. The number of benzene rings is 10. The number of aromatic nitrogens is 1. The largest absolute Gasteiger partial charge is 0.456 e. The number of nitrogens with zero attached hydrogens (tertiary/aromatic N) is 3. The summed E-state index contributed by atoms with van der Waals surface area (Å²) >= 11 is 0. The van der Waals surface area contributed by atoms with Gasteiger partial charge in [0, 0.05) is 60.8 Å². The minimum absolute atomic E-state index is 0.873. The molecule has 12 rings (SSSR count). The summed E-state index contributed by atoms with van der Waals surface area (Å²) in [4.78, 5) is 4.84. The Balaban J connectivity index is 1.27. The third-order valence-electron chi connectivity index (χ3n) is 12.4. The molecule has 0 saturated carbocycles. The van der Waals surface area contributed by atoms with E-state index >= 15 is 0 Å². The Labute approximate surface area is 359 Å². The van der Waals surface area contributed by atoms with E-state index in [0.717, 1.165) is 72.8 Å². The Bertz CT molecular complexity index is 3490. The molecule has 0 spiro atoms. The molecule has 0 aliphatic rings. The molecular weight excluding hydrogens is 755 g/mol. The number of furan rings is 1. The van der Waals surface area contributed by atoms with Crippen LogP contribution in [0.1, 0.15) is 11.1 Å². The van der Waals surface area contributed by atoms with Crippen molar-refractivity contribution in [1.82, 2.24) is 4.57 Å². The van der Waals surface area contributed by atoms with Crippen LogP contribution in [-0.2, 0) is 0 Å². The second-order valence-corrected chi connectivity index (χ2v) is 16.3. The SMILES string of the molecule is Cc1cccc(N(c2ccccc2)c2cc3c(c4ccccc24)c2c4ccccc4c(N(c4ccccc4)c4cccc(C)c4)cc2n3-c2ccc3oc4ccccc4c3c2)c1. The van der Waals surface area contributed by atoms with E-state index in [1.807, 2.05) is 6.07 Å². The van der Waals surface area contributed by atoms with Crippen LogP contribution in [0.2, 0.25) is 0 Å². The van der Waals surface area contributed by atoms with Gasteiger partial charge in [-0.2, -0.15) is 0 Å². The molecule has 4 heteroatoms. The summed E-state index contributed by atoms with van der Waals surface area (Å²) in [5, 5.41) is 9.39. The van der Waals surface area contributed by atoms with Gasteiger partial charge in [-0.3, -0.25) is 0 Å². The van der Waals surface area contributed by atoms with Gasteiger partial charge in [0.2, 0.25) is 0 Å². The highest BCUT2D eigenvalue weighted by Gasteiger charge is 2.26. The maximum Gasteiger partial charge on any atom is 0.135 e. The fraction of sp³-hybridized carbons (Fsp3) is 0.0345. The molecule has 0 radical (unpaired) electrons. The Morgan fingerprint density at radius 3 is 1.29 bits per heavy atom. The van der Waals surface area contributed by atoms with Gasteiger partial charge >= 0.3 is 0 Å². The van der Waals surface area contributed by atoms with Gasteiger partial charge in [-0.1, -0.05) is 127 Å². The summed E-state index contributed by atoms with van der Waals surface area (Å²) in [5.74, 6) is 0. The zero-order chi connectivity index (χ0) is 41.3. The lowest BCUT2D eigenvalue weighted by molar-refractivity contribution is 0.669. The first kappa shape index (κ1) is 35.8. The second kappa shape index (κ2) is 14.3. The summed E-state index contributed by atoms with van der Waals surface area (Å²) in [7, 11) is 0. The number of hydrogen-bond acceptors (Lipinski definition) is 3. The van der Waals surface area contributed by atoms with Crippen LogP contribution in [-0.4, -0.2) is 4.57 Å². The second-order valence-electron chi connectivity index (χ2n) is 16.3. The molecule has 0 aliphatic carbocycles. The fourth-order valence-electron chi connectivity index (χ4n) is 9.74. The Hall–Kier alpha value is -8.08. The van der Waals surface area contributed by atoms with E-state index in [4.69, 9.17) is 4.42 Å². The number of rotatable bonds is 7. The van der Waals surface area contributed by atoms with E-state index < -0.39 is 0 Å². The molecular formula is C58H41N3O. The molecule has 294 valence electrons. The van der Waals surface area contributed by atoms with Gasteiger partial charge in [0.1, 0.15) is 11.2 Å². The summed E-state index contributed by atoms with van der Waals surface area (Å²) in [6, 6.07) is 76.9. The zero-order valence-electron chi connectivity index (χ0n) is 34.5. The van der Waals surface area contributed by atoms with Crippen molar-refractivity contribution in [2.24, 2.45) is 0 Å². The number of aryl methyl sites for hydroxylation is 2. The van der Waals surface area contributed by atoms with Gasteiger partial charge in [-0.25, -0.2) is 0 Å². The topological polar surface area (TPSA) is 24.6 Å². The van der Waals surface area contributed by atoms with Gasteiger partial charge in [-0.15, -0.1) is 0 Å². The van der Waals surface area contributed by atoms with Gasteiger partial charge in [0.25, 0.3) is 0 Å². The molecule has 4 nitrogen and oxygen atoms in total. The van der Waals surface area contributed by atoms with E-state index in [1.54, 1.807) is 0 Å². The lowest BCUT2D eigenvalue weighted by Crippen LogP contribution is -2.11. The maximum atomic E-state index is 6.41. The summed E-state index contributed by atoms with van der Waals surface area (Å²) in [6.45, 7) is 4.33. The monoisotopic (exact) mass is 795 g/mol. The van der Waals surface area contributed by atoms with Crippen LogP contribution >= 0.6 is 0 Å². The van der Waals surface area contributed by atoms with Crippen molar-refractivity contribution in [3.63, 3.8) is 0 Å². The van der Waals surface area contributed by atoms with Gasteiger partial charge in [-0.05, 0) is 121 Å². The van der Waals surface area contributed by atoms with Crippen LogP contribution in [0.4, 0.5) is 34.1 Å². The molecule has 2 aromatic heterocycles. The Morgan fingerprint density at radius 1 is 0.339 bits per heavy atom. The Kier molecular flexibility index (Phi) is 8.26. The number of anilines is 6. The molecule has 0 unspecified atom stereocenters. The third-order valence-corrected chi connectivity index (χ3v) is 12.4. The van der Waals surface area contributed by atoms with Crippen molar-refractivity contribution >= 4 is 99.4 Å². The van der Waals surface area contributed by atoms with Gasteiger partial charge < -0.3 is 18.8 Å². The van der Waals surface area contributed by atoms with Crippen molar-refractivity contribution < 1.29 is 4.42 Å². The highest BCUT2D eigenvalue weighted by Crippen LogP contribution is 2.50. The minimum Gasteiger partial charge on any atom is -0.456 e. The van der Waals surface area contributed by atoms with Crippen molar-refractivity contribution in [3.8, 4) is 5.69 Å². The van der Waals surface area contributed by atoms with Crippen molar-refractivity contribution in [2.75, 3.05) is 9.80 Å². The fourth-order valence-corrected chi connectivity index (χ4v) is 9.74. The third kappa shape index (κ3) is 5.68. The van der Waals surface area contributed by atoms with Crippen LogP contribution in [0, 0.1) is 13.8 Å². The maximum absolute atomic E-state index is 6.41. The molecule has 0 amide bonds. The normalized spacial score (nSPS) is 11.7.